The molecule has 0 aliphatic carbocycles. The van der Waals surface area contributed by atoms with Crippen LogP contribution in [0, 0.1) is 0 Å². The number of piperazine rings is 1. The molecule has 0 radical (unpaired) electrons. The number of nitrogens with zero attached hydrogens (tertiary/aromatic N) is 4. The summed E-state index contributed by atoms with van der Waals surface area (Å²) < 4.78 is 18.2. The molecule has 9 heteroatoms. The Kier molecular flexibility index (Phi) is 6.71. The third-order valence-electron chi connectivity index (χ3n) is 6.12. The van der Waals surface area contributed by atoms with E-state index in [0.29, 0.717) is 28.5 Å². The molecule has 33 heavy (non-hydrogen) atoms. The number of rotatable bonds is 7. The van der Waals surface area contributed by atoms with Gasteiger partial charge in [-0.1, -0.05) is 0 Å². The number of hydrogen-bond acceptors (Lipinski definition) is 7. The number of benzene rings is 2. The highest BCUT2D eigenvalue weighted by Crippen LogP contribution is 2.38. The van der Waals surface area contributed by atoms with E-state index in [1.807, 2.05) is 25.2 Å². The molecule has 4 rings (SSSR count). The van der Waals surface area contributed by atoms with Crippen LogP contribution in [0.25, 0.3) is 11.0 Å². The van der Waals surface area contributed by atoms with Crippen molar-refractivity contribution >= 4 is 22.6 Å². The van der Waals surface area contributed by atoms with Crippen LogP contribution in [-0.4, -0.2) is 79.8 Å². The lowest BCUT2D eigenvalue weighted by Crippen LogP contribution is -2.44. The molecule has 1 amide bonds. The van der Waals surface area contributed by atoms with Crippen molar-refractivity contribution in [2.24, 2.45) is 7.05 Å². The number of amides is 1. The first-order chi connectivity index (χ1) is 15.9. The Morgan fingerprint density at radius 1 is 0.970 bits per heavy atom. The number of aryl methyl sites for hydroxylation is 1. The van der Waals surface area contributed by atoms with Gasteiger partial charge in [0.2, 0.25) is 5.75 Å². The molecule has 1 aromatic heterocycles. The summed E-state index contributed by atoms with van der Waals surface area (Å²) in [4.78, 5) is 22.6. The van der Waals surface area contributed by atoms with Crippen molar-refractivity contribution in [1.82, 2.24) is 19.4 Å². The molecular weight excluding hydrogens is 422 g/mol. The maximum Gasteiger partial charge on any atom is 0.255 e. The summed E-state index contributed by atoms with van der Waals surface area (Å²) in [7, 11) is 8.76. The number of fused-ring (bicyclic) bond motifs is 1. The van der Waals surface area contributed by atoms with Gasteiger partial charge in [0.05, 0.1) is 38.9 Å². The van der Waals surface area contributed by atoms with Gasteiger partial charge in [0.15, 0.2) is 11.5 Å². The Morgan fingerprint density at radius 3 is 2.24 bits per heavy atom. The summed E-state index contributed by atoms with van der Waals surface area (Å²) in [6.07, 6.45) is 0. The van der Waals surface area contributed by atoms with Crippen molar-refractivity contribution in [3.63, 3.8) is 0 Å². The molecule has 2 heterocycles. The van der Waals surface area contributed by atoms with E-state index >= 15 is 0 Å². The van der Waals surface area contributed by atoms with Gasteiger partial charge in [-0.2, -0.15) is 0 Å². The number of ether oxygens (including phenoxy) is 3. The normalized spacial score (nSPS) is 14.9. The molecule has 3 aromatic rings. The topological polar surface area (TPSA) is 81.1 Å². The molecule has 0 atom stereocenters. The summed E-state index contributed by atoms with van der Waals surface area (Å²) in [6.45, 7) is 5.03. The molecule has 176 valence electrons. The summed E-state index contributed by atoms with van der Waals surface area (Å²) in [5.74, 6) is 2.04. The number of aromatic nitrogens is 2. The third-order valence-corrected chi connectivity index (χ3v) is 6.12. The molecule has 9 nitrogen and oxygen atoms in total. The highest BCUT2D eigenvalue weighted by atomic mass is 16.5. The van der Waals surface area contributed by atoms with Crippen molar-refractivity contribution in [1.29, 1.82) is 0 Å². The smallest absolute Gasteiger partial charge is 0.255 e. The van der Waals surface area contributed by atoms with Crippen molar-refractivity contribution in [3.05, 3.63) is 41.7 Å². The second kappa shape index (κ2) is 9.68. The van der Waals surface area contributed by atoms with Crippen molar-refractivity contribution in [3.8, 4) is 17.2 Å². The number of hydrogen-bond donors (Lipinski definition) is 1. The van der Waals surface area contributed by atoms with Crippen LogP contribution in [0.4, 0.5) is 5.69 Å². The predicted molar refractivity (Wildman–Crippen MR) is 128 cm³/mol. The molecule has 1 aliphatic rings. The van der Waals surface area contributed by atoms with Gasteiger partial charge in [-0.05, 0) is 37.4 Å². The van der Waals surface area contributed by atoms with Gasteiger partial charge in [0.25, 0.3) is 5.91 Å². The van der Waals surface area contributed by atoms with Gasteiger partial charge < -0.3 is 29.0 Å². The first kappa shape index (κ1) is 22.9. The first-order valence-electron chi connectivity index (χ1n) is 10.9. The van der Waals surface area contributed by atoms with Gasteiger partial charge in [-0.3, -0.25) is 9.69 Å². The quantitative estimate of drug-likeness (QED) is 0.589. The number of carbonyl (C=O) groups excluding carboxylic acids is 1. The number of likely N-dealkylation sites (N-methyl/N-ethyl adjacent to an activating group) is 1. The predicted octanol–water partition coefficient (Wildman–Crippen LogP) is 2.60. The minimum Gasteiger partial charge on any atom is -0.493 e. The van der Waals surface area contributed by atoms with Gasteiger partial charge in [0, 0.05) is 44.5 Å². The standard InChI is InChI=1S/C24H31N5O4/c1-27-8-10-29(11-9-27)15-22-26-18-14-17(6-7-19(18)28(22)2)25-24(30)16-12-20(31-3)23(33-5)21(13-16)32-4/h6-7,12-14H,8-11,15H2,1-5H3,(H,25,30). The number of imidazole rings is 1. The highest BCUT2D eigenvalue weighted by molar-refractivity contribution is 6.05. The van der Waals surface area contributed by atoms with E-state index in [0.717, 1.165) is 49.6 Å². The number of carbonyl (C=O) groups is 1. The van der Waals surface area contributed by atoms with E-state index in [9.17, 15) is 4.79 Å². The van der Waals surface area contributed by atoms with Crippen LogP contribution in [-0.2, 0) is 13.6 Å². The van der Waals surface area contributed by atoms with E-state index in [4.69, 9.17) is 19.2 Å². The number of methoxy groups -OCH3 is 3. The second-order valence-electron chi connectivity index (χ2n) is 8.24. The first-order valence-corrected chi connectivity index (χ1v) is 10.9. The fourth-order valence-corrected chi connectivity index (χ4v) is 4.09. The van der Waals surface area contributed by atoms with E-state index in [2.05, 4.69) is 26.7 Å². The molecule has 1 N–H and O–H groups in total. The summed E-state index contributed by atoms with van der Waals surface area (Å²) in [5.41, 5.74) is 2.96. The van der Waals surface area contributed by atoms with Crippen LogP contribution in [0.15, 0.2) is 30.3 Å². The Balaban J connectivity index is 1.54. The van der Waals surface area contributed by atoms with Gasteiger partial charge in [-0.15, -0.1) is 0 Å². The van der Waals surface area contributed by atoms with Crippen LogP contribution >= 0.6 is 0 Å². The zero-order valence-corrected chi connectivity index (χ0v) is 19.8. The SMILES string of the molecule is COc1cc(C(=O)Nc2ccc3c(c2)nc(CN2CCN(C)CC2)n3C)cc(OC)c1OC. The van der Waals surface area contributed by atoms with Crippen LogP contribution in [0.1, 0.15) is 16.2 Å². The van der Waals surface area contributed by atoms with Gasteiger partial charge >= 0.3 is 0 Å². The van der Waals surface area contributed by atoms with Crippen LogP contribution < -0.4 is 19.5 Å². The molecule has 0 spiro atoms. The number of anilines is 1. The lowest BCUT2D eigenvalue weighted by molar-refractivity contribution is 0.102. The Hall–Kier alpha value is -3.30. The Labute approximate surface area is 193 Å². The van der Waals surface area contributed by atoms with Crippen LogP contribution in [0.2, 0.25) is 0 Å². The lowest BCUT2D eigenvalue weighted by Gasteiger charge is -2.31. The molecular formula is C24H31N5O4. The maximum atomic E-state index is 12.9. The lowest BCUT2D eigenvalue weighted by atomic mass is 10.1. The van der Waals surface area contributed by atoms with E-state index in [1.54, 1.807) is 12.1 Å². The molecule has 1 aliphatic heterocycles. The minimum absolute atomic E-state index is 0.276. The Bertz CT molecular complexity index is 1130. The summed E-state index contributed by atoms with van der Waals surface area (Å²) in [5, 5.41) is 2.95. The molecule has 1 fully saturated rings. The molecule has 0 unspecified atom stereocenters. The molecule has 2 aromatic carbocycles. The van der Waals surface area contributed by atoms with Gasteiger partial charge in [-0.25, -0.2) is 4.98 Å². The second-order valence-corrected chi connectivity index (χ2v) is 8.24. The monoisotopic (exact) mass is 453 g/mol. The third kappa shape index (κ3) is 4.74. The maximum absolute atomic E-state index is 12.9. The number of nitrogens with one attached hydrogen (secondary N) is 1. The Morgan fingerprint density at radius 2 is 1.64 bits per heavy atom. The average molecular weight is 454 g/mol. The molecule has 0 saturated carbocycles. The fourth-order valence-electron chi connectivity index (χ4n) is 4.09. The largest absolute Gasteiger partial charge is 0.493 e. The van der Waals surface area contributed by atoms with Crippen LogP contribution in [0.3, 0.4) is 0 Å². The van der Waals surface area contributed by atoms with E-state index < -0.39 is 0 Å². The summed E-state index contributed by atoms with van der Waals surface area (Å²) in [6, 6.07) is 9.03. The van der Waals surface area contributed by atoms with E-state index in [-0.39, 0.29) is 5.91 Å². The summed E-state index contributed by atoms with van der Waals surface area (Å²) >= 11 is 0. The molecule has 1 saturated heterocycles. The fraction of sp³-hybridized carbons (Fsp3) is 0.417. The zero-order valence-electron chi connectivity index (χ0n) is 19.8. The van der Waals surface area contributed by atoms with E-state index in [1.165, 1.54) is 21.3 Å². The van der Waals surface area contributed by atoms with Crippen molar-refractivity contribution in [2.45, 2.75) is 6.54 Å². The average Bonchev–Trinajstić information content (AvgIpc) is 3.13. The van der Waals surface area contributed by atoms with Gasteiger partial charge in [0.1, 0.15) is 5.82 Å². The minimum atomic E-state index is -0.276. The van der Waals surface area contributed by atoms with Crippen molar-refractivity contribution < 1.29 is 19.0 Å². The molecule has 0 bridgehead atoms. The zero-order chi connectivity index (χ0) is 23.5. The highest BCUT2D eigenvalue weighted by Gasteiger charge is 2.19. The van der Waals surface area contributed by atoms with Crippen molar-refractivity contribution in [2.75, 3.05) is 59.9 Å². The van der Waals surface area contributed by atoms with Crippen LogP contribution in [0.5, 0.6) is 17.2 Å².